The molecule has 19 heavy (non-hydrogen) atoms. The van der Waals surface area contributed by atoms with Crippen LogP contribution in [0.15, 0.2) is 18.2 Å². The minimum Gasteiger partial charge on any atom is -0.481 e. The highest BCUT2D eigenvalue weighted by molar-refractivity contribution is 5.99. The molecule has 0 bridgehead atoms. The van der Waals surface area contributed by atoms with Crippen LogP contribution in [0.1, 0.15) is 30.1 Å². The van der Waals surface area contributed by atoms with Gasteiger partial charge >= 0.3 is 5.97 Å². The molecular weight excluding hydrogens is 251 g/mol. The number of nitrogens with two attached hydrogens (primary N) is 1. The van der Waals surface area contributed by atoms with Crippen molar-refractivity contribution in [3.8, 4) is 0 Å². The number of hydrogen-bond acceptors (Lipinski definition) is 3. The second-order valence-electron chi connectivity index (χ2n) is 4.27. The van der Waals surface area contributed by atoms with Crippen LogP contribution < -0.4 is 11.1 Å². The lowest BCUT2D eigenvalue weighted by atomic mass is 10.0. The van der Waals surface area contributed by atoms with Crippen LogP contribution in [0.5, 0.6) is 0 Å². The number of halogens is 1. The van der Waals surface area contributed by atoms with Crippen LogP contribution in [-0.2, 0) is 4.79 Å². The normalized spacial score (nSPS) is 11.9. The largest absolute Gasteiger partial charge is 0.481 e. The summed E-state index contributed by atoms with van der Waals surface area (Å²) in [6.45, 7) is 1.86. The molecule has 0 aliphatic rings. The quantitative estimate of drug-likeness (QED) is 0.684. The molecule has 4 N–H and O–H groups in total. The molecule has 1 unspecified atom stereocenters. The molecular formula is C13H17FN2O3. The number of carboxylic acids is 1. The van der Waals surface area contributed by atoms with Crippen molar-refractivity contribution in [2.24, 2.45) is 5.92 Å². The molecule has 0 aliphatic carbocycles. The molecule has 1 atom stereocenters. The van der Waals surface area contributed by atoms with Crippen LogP contribution in [-0.4, -0.2) is 23.5 Å². The van der Waals surface area contributed by atoms with Gasteiger partial charge in [0, 0.05) is 12.2 Å². The SMILES string of the molecule is CCCC(CNC(=O)c1cc(F)ccc1N)C(=O)O. The zero-order valence-corrected chi connectivity index (χ0v) is 10.6. The van der Waals surface area contributed by atoms with Gasteiger partial charge in [0.05, 0.1) is 11.5 Å². The number of aliphatic carboxylic acids is 1. The van der Waals surface area contributed by atoms with Gasteiger partial charge in [0.15, 0.2) is 0 Å². The topological polar surface area (TPSA) is 92.4 Å². The minimum atomic E-state index is -0.964. The number of hydrogen-bond donors (Lipinski definition) is 3. The second-order valence-corrected chi connectivity index (χ2v) is 4.27. The van der Waals surface area contributed by atoms with Crippen molar-refractivity contribution in [2.75, 3.05) is 12.3 Å². The molecule has 1 amide bonds. The summed E-state index contributed by atoms with van der Waals surface area (Å²) in [5.41, 5.74) is 5.74. The van der Waals surface area contributed by atoms with Crippen molar-refractivity contribution < 1.29 is 19.1 Å². The molecule has 0 aliphatic heterocycles. The molecule has 0 aromatic heterocycles. The summed E-state index contributed by atoms with van der Waals surface area (Å²) < 4.78 is 13.0. The van der Waals surface area contributed by atoms with Crippen LogP contribution in [0.25, 0.3) is 0 Å². The maximum Gasteiger partial charge on any atom is 0.308 e. The predicted octanol–water partition coefficient (Wildman–Crippen LogP) is 1.64. The van der Waals surface area contributed by atoms with E-state index in [0.717, 1.165) is 12.1 Å². The summed E-state index contributed by atoms with van der Waals surface area (Å²) in [5, 5.41) is 11.4. The zero-order chi connectivity index (χ0) is 14.4. The van der Waals surface area contributed by atoms with Crippen molar-refractivity contribution >= 4 is 17.6 Å². The number of amides is 1. The van der Waals surface area contributed by atoms with Crippen molar-refractivity contribution in [3.05, 3.63) is 29.6 Å². The first-order chi connectivity index (χ1) is 8.95. The third-order valence-electron chi connectivity index (χ3n) is 2.76. The summed E-state index contributed by atoms with van der Waals surface area (Å²) in [6.07, 6.45) is 1.17. The molecule has 1 aromatic carbocycles. The Bertz CT molecular complexity index is 477. The first-order valence-electron chi connectivity index (χ1n) is 6.01. The van der Waals surface area contributed by atoms with E-state index in [9.17, 15) is 14.0 Å². The summed E-state index contributed by atoms with van der Waals surface area (Å²) >= 11 is 0. The van der Waals surface area contributed by atoms with Gasteiger partial charge in [-0.15, -0.1) is 0 Å². The molecule has 1 aromatic rings. The van der Waals surface area contributed by atoms with E-state index in [2.05, 4.69) is 5.32 Å². The van der Waals surface area contributed by atoms with Crippen LogP contribution in [0.4, 0.5) is 10.1 Å². The standard InChI is InChI=1S/C13H17FN2O3/c1-2-3-8(13(18)19)7-16-12(17)10-6-9(14)4-5-11(10)15/h4-6,8H,2-3,7,15H2,1H3,(H,16,17)(H,18,19). The first-order valence-corrected chi connectivity index (χ1v) is 6.01. The number of rotatable bonds is 6. The molecule has 0 heterocycles. The average Bonchev–Trinajstić information content (AvgIpc) is 2.36. The number of carbonyl (C=O) groups is 2. The summed E-state index contributed by atoms with van der Waals surface area (Å²) in [4.78, 5) is 22.7. The van der Waals surface area contributed by atoms with Crippen LogP contribution >= 0.6 is 0 Å². The lowest BCUT2D eigenvalue weighted by Crippen LogP contribution is -2.33. The zero-order valence-electron chi connectivity index (χ0n) is 10.6. The van der Waals surface area contributed by atoms with Gasteiger partial charge in [0.25, 0.3) is 5.91 Å². The Balaban J connectivity index is 2.69. The average molecular weight is 268 g/mol. The molecule has 0 fully saturated rings. The van der Waals surface area contributed by atoms with Gasteiger partial charge in [-0.1, -0.05) is 13.3 Å². The van der Waals surface area contributed by atoms with Gasteiger partial charge in [-0.05, 0) is 24.6 Å². The van der Waals surface area contributed by atoms with E-state index < -0.39 is 23.6 Å². The highest BCUT2D eigenvalue weighted by Crippen LogP contribution is 2.13. The fraction of sp³-hybridized carbons (Fsp3) is 0.385. The molecule has 0 spiro atoms. The third-order valence-corrected chi connectivity index (χ3v) is 2.76. The maximum atomic E-state index is 13.0. The van der Waals surface area contributed by atoms with Crippen molar-refractivity contribution in [2.45, 2.75) is 19.8 Å². The molecule has 6 heteroatoms. The van der Waals surface area contributed by atoms with E-state index in [4.69, 9.17) is 10.8 Å². The van der Waals surface area contributed by atoms with E-state index in [1.165, 1.54) is 6.07 Å². The predicted molar refractivity (Wildman–Crippen MR) is 69.2 cm³/mol. The number of nitrogens with one attached hydrogen (secondary N) is 1. The first kappa shape index (κ1) is 14.9. The van der Waals surface area contributed by atoms with E-state index in [1.807, 2.05) is 6.92 Å². The second kappa shape index (κ2) is 6.72. The highest BCUT2D eigenvalue weighted by atomic mass is 19.1. The molecule has 0 radical (unpaired) electrons. The lowest BCUT2D eigenvalue weighted by molar-refractivity contribution is -0.141. The Kier molecular flexibility index (Phi) is 5.29. The van der Waals surface area contributed by atoms with Gasteiger partial charge in [-0.3, -0.25) is 9.59 Å². The number of nitrogen functional groups attached to an aromatic ring is 1. The molecule has 0 saturated carbocycles. The Morgan fingerprint density at radius 1 is 1.47 bits per heavy atom. The Hall–Kier alpha value is -2.11. The van der Waals surface area contributed by atoms with E-state index >= 15 is 0 Å². The van der Waals surface area contributed by atoms with Crippen molar-refractivity contribution in [3.63, 3.8) is 0 Å². The van der Waals surface area contributed by atoms with Crippen LogP contribution in [0.2, 0.25) is 0 Å². The van der Waals surface area contributed by atoms with Gasteiger partial charge in [0.2, 0.25) is 0 Å². The number of benzene rings is 1. The van der Waals surface area contributed by atoms with Crippen molar-refractivity contribution in [1.82, 2.24) is 5.32 Å². The van der Waals surface area contributed by atoms with Gasteiger partial charge in [-0.2, -0.15) is 0 Å². The van der Waals surface area contributed by atoms with Crippen LogP contribution in [0, 0.1) is 11.7 Å². The molecule has 0 saturated heterocycles. The van der Waals surface area contributed by atoms with Crippen molar-refractivity contribution in [1.29, 1.82) is 0 Å². The fourth-order valence-electron chi connectivity index (χ4n) is 1.70. The molecule has 5 nitrogen and oxygen atoms in total. The van der Waals surface area contributed by atoms with E-state index in [-0.39, 0.29) is 17.8 Å². The minimum absolute atomic E-state index is 0.00202. The number of anilines is 1. The number of carbonyl (C=O) groups excluding carboxylic acids is 1. The number of carboxylic acid groups (broad SMARTS) is 1. The van der Waals surface area contributed by atoms with E-state index in [0.29, 0.717) is 12.8 Å². The highest BCUT2D eigenvalue weighted by Gasteiger charge is 2.18. The maximum absolute atomic E-state index is 13.0. The Morgan fingerprint density at radius 3 is 2.74 bits per heavy atom. The van der Waals surface area contributed by atoms with Gasteiger partial charge in [-0.25, -0.2) is 4.39 Å². The van der Waals surface area contributed by atoms with Gasteiger partial charge in [0.1, 0.15) is 5.82 Å². The fourth-order valence-corrected chi connectivity index (χ4v) is 1.70. The summed E-state index contributed by atoms with van der Waals surface area (Å²) in [7, 11) is 0. The smallest absolute Gasteiger partial charge is 0.308 e. The Labute approximate surface area is 110 Å². The molecule has 1 rings (SSSR count). The Morgan fingerprint density at radius 2 is 2.16 bits per heavy atom. The summed E-state index contributed by atoms with van der Waals surface area (Å²) in [5.74, 6) is -2.75. The van der Waals surface area contributed by atoms with E-state index in [1.54, 1.807) is 0 Å². The van der Waals surface area contributed by atoms with Gasteiger partial charge < -0.3 is 16.2 Å². The summed E-state index contributed by atoms with van der Waals surface area (Å²) in [6, 6.07) is 3.48. The third kappa shape index (κ3) is 4.24. The molecule has 104 valence electrons. The monoisotopic (exact) mass is 268 g/mol. The van der Waals surface area contributed by atoms with Crippen LogP contribution in [0.3, 0.4) is 0 Å². The lowest BCUT2D eigenvalue weighted by Gasteiger charge is -2.13.